The van der Waals surface area contributed by atoms with Gasteiger partial charge in [0.25, 0.3) is 5.91 Å². The molecule has 1 N–H and O–H groups in total. The largest absolute Gasteiger partial charge is 0.467 e. The minimum atomic E-state index is -0.182. The summed E-state index contributed by atoms with van der Waals surface area (Å²) in [5.41, 5.74) is 1.54. The number of carbonyl (C=O) groups excluding carboxylic acids is 1. The van der Waals surface area contributed by atoms with Gasteiger partial charge in [-0.2, -0.15) is 0 Å². The Kier molecular flexibility index (Phi) is 4.73. The first kappa shape index (κ1) is 14.6. The third-order valence-corrected chi connectivity index (χ3v) is 3.95. The third-order valence-electron chi connectivity index (χ3n) is 3.95. The van der Waals surface area contributed by atoms with Gasteiger partial charge in [-0.1, -0.05) is 12.8 Å². The zero-order chi connectivity index (χ0) is 15.2. The van der Waals surface area contributed by atoms with Crippen LogP contribution in [0.5, 0.6) is 0 Å². The first-order valence-electron chi connectivity index (χ1n) is 7.84. The first-order valence-corrected chi connectivity index (χ1v) is 7.84. The van der Waals surface area contributed by atoms with Crippen molar-refractivity contribution in [2.45, 2.75) is 32.2 Å². The molecule has 0 saturated carbocycles. The van der Waals surface area contributed by atoms with E-state index in [2.05, 4.69) is 15.2 Å². The van der Waals surface area contributed by atoms with Gasteiger partial charge in [0.05, 0.1) is 24.7 Å². The molecule has 3 heterocycles. The molecule has 0 aliphatic carbocycles. The van der Waals surface area contributed by atoms with Gasteiger partial charge in [0.1, 0.15) is 11.5 Å². The molecule has 0 spiro atoms. The summed E-state index contributed by atoms with van der Waals surface area (Å²) in [5.74, 6) is 0.549. The van der Waals surface area contributed by atoms with Crippen LogP contribution in [0.3, 0.4) is 0 Å². The smallest absolute Gasteiger partial charge is 0.270 e. The molecule has 5 nitrogen and oxygen atoms in total. The molecular formula is C17H21N3O2. The number of pyridine rings is 1. The van der Waals surface area contributed by atoms with Crippen molar-refractivity contribution in [3.05, 3.63) is 48.2 Å². The standard InChI is InChI=1S/C17H21N3O2/c21-17(19-13-15-6-5-11-22-15)16-8-7-14(12-18-16)20-9-3-1-2-4-10-20/h5-8,11-12H,1-4,9-10,13H2,(H,19,21). The van der Waals surface area contributed by atoms with Crippen LogP contribution < -0.4 is 10.2 Å². The molecule has 0 aromatic carbocycles. The Morgan fingerprint density at radius 1 is 1.18 bits per heavy atom. The average Bonchev–Trinajstić information content (AvgIpc) is 2.93. The number of hydrogen-bond donors (Lipinski definition) is 1. The fourth-order valence-corrected chi connectivity index (χ4v) is 2.71. The highest BCUT2D eigenvalue weighted by Gasteiger charge is 2.12. The maximum atomic E-state index is 12.1. The number of nitrogens with zero attached hydrogens (tertiary/aromatic N) is 2. The van der Waals surface area contributed by atoms with E-state index in [4.69, 9.17) is 4.42 Å². The number of aromatic nitrogens is 1. The number of hydrogen-bond acceptors (Lipinski definition) is 4. The highest BCUT2D eigenvalue weighted by atomic mass is 16.3. The minimum absolute atomic E-state index is 0.182. The quantitative estimate of drug-likeness (QED) is 0.943. The Morgan fingerprint density at radius 3 is 2.64 bits per heavy atom. The summed E-state index contributed by atoms with van der Waals surface area (Å²) in [6, 6.07) is 7.41. The molecule has 1 aliphatic rings. The molecule has 1 saturated heterocycles. The molecule has 0 atom stereocenters. The van der Waals surface area contributed by atoms with E-state index in [0.29, 0.717) is 12.2 Å². The molecule has 0 radical (unpaired) electrons. The molecule has 1 amide bonds. The number of nitrogens with one attached hydrogen (secondary N) is 1. The summed E-state index contributed by atoms with van der Waals surface area (Å²) >= 11 is 0. The molecule has 22 heavy (non-hydrogen) atoms. The summed E-state index contributed by atoms with van der Waals surface area (Å²) < 4.78 is 5.19. The Hall–Kier alpha value is -2.30. The van der Waals surface area contributed by atoms with E-state index < -0.39 is 0 Å². The lowest BCUT2D eigenvalue weighted by Gasteiger charge is -2.22. The Balaban J connectivity index is 1.59. The third kappa shape index (κ3) is 3.67. The topological polar surface area (TPSA) is 58.4 Å². The van der Waals surface area contributed by atoms with Crippen molar-refractivity contribution in [2.75, 3.05) is 18.0 Å². The van der Waals surface area contributed by atoms with Crippen molar-refractivity contribution >= 4 is 11.6 Å². The van der Waals surface area contributed by atoms with Crippen molar-refractivity contribution in [1.29, 1.82) is 0 Å². The predicted octanol–water partition coefficient (Wildman–Crippen LogP) is 2.99. The second-order valence-corrected chi connectivity index (χ2v) is 5.56. The van der Waals surface area contributed by atoms with Crippen LogP contribution in [0.2, 0.25) is 0 Å². The zero-order valence-corrected chi connectivity index (χ0v) is 12.6. The number of anilines is 1. The van der Waals surface area contributed by atoms with Gasteiger partial charge in [0.15, 0.2) is 0 Å². The van der Waals surface area contributed by atoms with E-state index in [1.807, 2.05) is 12.1 Å². The fraction of sp³-hybridized carbons (Fsp3) is 0.412. The van der Waals surface area contributed by atoms with Crippen LogP contribution in [0, 0.1) is 0 Å². The number of furan rings is 1. The summed E-state index contributed by atoms with van der Waals surface area (Å²) in [6.07, 6.45) is 8.45. The van der Waals surface area contributed by atoms with E-state index in [1.54, 1.807) is 24.6 Å². The lowest BCUT2D eigenvalue weighted by Crippen LogP contribution is -2.25. The molecule has 0 bridgehead atoms. The molecule has 116 valence electrons. The number of amides is 1. The van der Waals surface area contributed by atoms with Crippen LogP contribution in [0.25, 0.3) is 0 Å². The second kappa shape index (κ2) is 7.11. The Bertz CT molecular complexity index is 585. The van der Waals surface area contributed by atoms with Gasteiger partial charge in [0.2, 0.25) is 0 Å². The van der Waals surface area contributed by atoms with E-state index in [0.717, 1.165) is 24.5 Å². The van der Waals surface area contributed by atoms with Gasteiger partial charge in [-0.15, -0.1) is 0 Å². The van der Waals surface area contributed by atoms with Crippen molar-refractivity contribution in [3.8, 4) is 0 Å². The molecule has 2 aromatic rings. The molecule has 1 aliphatic heterocycles. The fourth-order valence-electron chi connectivity index (χ4n) is 2.71. The normalized spacial score (nSPS) is 15.4. The molecule has 2 aromatic heterocycles. The van der Waals surface area contributed by atoms with Gasteiger partial charge >= 0.3 is 0 Å². The van der Waals surface area contributed by atoms with Gasteiger partial charge in [0, 0.05) is 13.1 Å². The second-order valence-electron chi connectivity index (χ2n) is 5.56. The van der Waals surface area contributed by atoms with Gasteiger partial charge in [-0.3, -0.25) is 4.79 Å². The summed E-state index contributed by atoms with van der Waals surface area (Å²) in [5, 5.41) is 2.80. The lowest BCUT2D eigenvalue weighted by atomic mass is 10.2. The Morgan fingerprint density at radius 2 is 2.00 bits per heavy atom. The molecule has 5 heteroatoms. The minimum Gasteiger partial charge on any atom is -0.467 e. The van der Waals surface area contributed by atoms with Crippen LogP contribution in [0.15, 0.2) is 41.1 Å². The summed E-state index contributed by atoms with van der Waals surface area (Å²) in [4.78, 5) is 18.7. The first-order chi connectivity index (χ1) is 10.8. The highest BCUT2D eigenvalue weighted by Crippen LogP contribution is 2.18. The Labute approximate surface area is 130 Å². The maximum absolute atomic E-state index is 12.1. The highest BCUT2D eigenvalue weighted by molar-refractivity contribution is 5.92. The van der Waals surface area contributed by atoms with Crippen molar-refractivity contribution < 1.29 is 9.21 Å². The molecule has 0 unspecified atom stereocenters. The van der Waals surface area contributed by atoms with Gasteiger partial charge < -0.3 is 14.6 Å². The predicted molar refractivity (Wildman–Crippen MR) is 84.8 cm³/mol. The van der Waals surface area contributed by atoms with Gasteiger partial charge in [-0.05, 0) is 37.1 Å². The lowest BCUT2D eigenvalue weighted by molar-refractivity contribution is 0.0943. The zero-order valence-electron chi connectivity index (χ0n) is 12.6. The van der Waals surface area contributed by atoms with Crippen LogP contribution in [0.4, 0.5) is 5.69 Å². The van der Waals surface area contributed by atoms with E-state index in [1.165, 1.54) is 25.7 Å². The van der Waals surface area contributed by atoms with E-state index >= 15 is 0 Å². The van der Waals surface area contributed by atoms with E-state index in [-0.39, 0.29) is 5.91 Å². The maximum Gasteiger partial charge on any atom is 0.270 e. The van der Waals surface area contributed by atoms with Crippen LogP contribution >= 0.6 is 0 Å². The number of rotatable bonds is 4. The average molecular weight is 299 g/mol. The molecule has 3 rings (SSSR count). The SMILES string of the molecule is O=C(NCc1ccco1)c1ccc(N2CCCCCC2)cn1. The molecular weight excluding hydrogens is 278 g/mol. The van der Waals surface area contributed by atoms with Crippen molar-refractivity contribution in [2.24, 2.45) is 0 Å². The van der Waals surface area contributed by atoms with Crippen molar-refractivity contribution in [3.63, 3.8) is 0 Å². The number of carbonyl (C=O) groups is 1. The molecule has 1 fully saturated rings. The van der Waals surface area contributed by atoms with Gasteiger partial charge in [-0.25, -0.2) is 4.98 Å². The van der Waals surface area contributed by atoms with Crippen LogP contribution in [-0.2, 0) is 6.54 Å². The summed E-state index contributed by atoms with van der Waals surface area (Å²) in [6.45, 7) is 2.53. The van der Waals surface area contributed by atoms with E-state index in [9.17, 15) is 4.79 Å². The van der Waals surface area contributed by atoms with Crippen molar-refractivity contribution in [1.82, 2.24) is 10.3 Å². The monoisotopic (exact) mass is 299 g/mol. The van der Waals surface area contributed by atoms with Crippen LogP contribution in [-0.4, -0.2) is 24.0 Å². The van der Waals surface area contributed by atoms with Crippen LogP contribution in [0.1, 0.15) is 41.9 Å². The summed E-state index contributed by atoms with van der Waals surface area (Å²) in [7, 11) is 0.